The maximum absolute atomic E-state index is 13.6. The second-order valence-electron chi connectivity index (χ2n) is 6.73. The molecule has 2 fully saturated rings. The van der Waals surface area contributed by atoms with Gasteiger partial charge in [0.15, 0.2) is 0 Å². The number of rotatable bonds is 1. The molecule has 1 N–H and O–H groups in total. The third kappa shape index (κ3) is 2.35. The zero-order valence-corrected chi connectivity index (χ0v) is 12.7. The number of nitrogens with one attached hydrogen (secondary N) is 1. The zero-order chi connectivity index (χ0) is 16.2. The van der Waals surface area contributed by atoms with Crippen LogP contribution in [0.1, 0.15) is 64.7 Å². The summed E-state index contributed by atoms with van der Waals surface area (Å²) >= 11 is 0. The van der Waals surface area contributed by atoms with Crippen molar-refractivity contribution in [1.29, 1.82) is 0 Å². The minimum atomic E-state index is -4.49. The van der Waals surface area contributed by atoms with Gasteiger partial charge in [-0.15, -0.1) is 0 Å². The average Bonchev–Trinajstić information content (AvgIpc) is 3.14. The highest BCUT2D eigenvalue weighted by Crippen LogP contribution is 2.45. The van der Waals surface area contributed by atoms with Gasteiger partial charge in [-0.2, -0.15) is 13.2 Å². The third-order valence-corrected chi connectivity index (χ3v) is 5.40. The molecule has 1 amide bonds. The van der Waals surface area contributed by atoms with E-state index < -0.39 is 17.6 Å². The number of nitrogens with zero attached hydrogens (tertiary/aromatic N) is 1. The van der Waals surface area contributed by atoms with Gasteiger partial charge in [-0.25, -0.2) is 0 Å². The Morgan fingerprint density at radius 3 is 2.61 bits per heavy atom. The second-order valence-corrected chi connectivity index (χ2v) is 6.73. The van der Waals surface area contributed by atoms with Gasteiger partial charge in [0.2, 0.25) is 0 Å². The summed E-state index contributed by atoms with van der Waals surface area (Å²) in [5.41, 5.74) is 0.469. The Hall–Kier alpha value is -1.56. The summed E-state index contributed by atoms with van der Waals surface area (Å²) in [6, 6.07) is 2.85. The van der Waals surface area contributed by atoms with Crippen molar-refractivity contribution in [2.24, 2.45) is 0 Å². The standard InChI is InChI=1S/C17H19F3N2O/c18-17(19,20)13-8-11(10-3-1-2-4-10)7-12-14-9-21-5-6-22(14)16(23)15(12)13/h7-8,10,14,21H,1-6,9H2/t14-/m0/s1. The number of alkyl halides is 3. The molecule has 23 heavy (non-hydrogen) atoms. The molecule has 1 aromatic rings. The Balaban J connectivity index is 1.88. The Bertz CT molecular complexity index is 650. The summed E-state index contributed by atoms with van der Waals surface area (Å²) in [5.74, 6) is -0.265. The van der Waals surface area contributed by atoms with Crippen LogP contribution in [-0.2, 0) is 6.18 Å². The first-order valence-electron chi connectivity index (χ1n) is 8.23. The number of carbonyl (C=O) groups excluding carboxylic acids is 1. The van der Waals surface area contributed by atoms with E-state index in [9.17, 15) is 18.0 Å². The first-order chi connectivity index (χ1) is 11.0. The van der Waals surface area contributed by atoms with Crippen LogP contribution in [0, 0.1) is 0 Å². The summed E-state index contributed by atoms with van der Waals surface area (Å²) in [7, 11) is 0. The van der Waals surface area contributed by atoms with E-state index in [1.54, 1.807) is 4.90 Å². The molecule has 0 unspecified atom stereocenters. The molecule has 0 aromatic heterocycles. The maximum Gasteiger partial charge on any atom is 0.417 e. The van der Waals surface area contributed by atoms with E-state index in [1.165, 1.54) is 6.07 Å². The van der Waals surface area contributed by atoms with Crippen molar-refractivity contribution in [1.82, 2.24) is 10.2 Å². The number of piperazine rings is 1. The average molecular weight is 324 g/mol. The van der Waals surface area contributed by atoms with E-state index in [1.807, 2.05) is 6.07 Å². The number of halogens is 3. The molecule has 4 rings (SSSR count). The van der Waals surface area contributed by atoms with Crippen LogP contribution in [0.5, 0.6) is 0 Å². The first-order valence-corrected chi connectivity index (χ1v) is 8.23. The van der Waals surface area contributed by atoms with Gasteiger partial charge < -0.3 is 10.2 Å². The van der Waals surface area contributed by atoms with E-state index >= 15 is 0 Å². The zero-order valence-electron chi connectivity index (χ0n) is 12.7. The molecule has 3 nitrogen and oxygen atoms in total. The fourth-order valence-corrected chi connectivity index (χ4v) is 4.28. The molecule has 1 aromatic carbocycles. The van der Waals surface area contributed by atoms with Crippen LogP contribution in [-0.4, -0.2) is 30.4 Å². The predicted octanol–water partition coefficient (Wildman–Crippen LogP) is 3.46. The highest BCUT2D eigenvalue weighted by Gasteiger charge is 2.46. The largest absolute Gasteiger partial charge is 0.417 e. The summed E-state index contributed by atoms with van der Waals surface area (Å²) in [5, 5.41) is 3.19. The van der Waals surface area contributed by atoms with Crippen LogP contribution in [0.2, 0.25) is 0 Å². The topological polar surface area (TPSA) is 32.3 Å². The van der Waals surface area contributed by atoms with Gasteiger partial charge in [0.25, 0.3) is 5.91 Å². The van der Waals surface area contributed by atoms with Crippen LogP contribution in [0.4, 0.5) is 13.2 Å². The van der Waals surface area contributed by atoms with Gasteiger partial charge in [0.05, 0.1) is 17.2 Å². The Kier molecular flexibility index (Phi) is 3.41. The second kappa shape index (κ2) is 5.23. The first kappa shape index (κ1) is 15.0. The molecule has 3 aliphatic rings. The number of benzene rings is 1. The molecule has 6 heteroatoms. The van der Waals surface area contributed by atoms with Crippen molar-refractivity contribution in [2.75, 3.05) is 19.6 Å². The number of hydrogen-bond donors (Lipinski definition) is 1. The van der Waals surface area contributed by atoms with Crippen molar-refractivity contribution >= 4 is 5.91 Å². The van der Waals surface area contributed by atoms with Crippen LogP contribution >= 0.6 is 0 Å². The predicted molar refractivity (Wildman–Crippen MR) is 79.3 cm³/mol. The Morgan fingerprint density at radius 2 is 1.91 bits per heavy atom. The molecule has 1 aliphatic carbocycles. The normalized spacial score (nSPS) is 24.9. The summed E-state index contributed by atoms with van der Waals surface area (Å²) in [6.07, 6.45) is -0.470. The molecule has 0 spiro atoms. The number of hydrogen-bond acceptors (Lipinski definition) is 2. The van der Waals surface area contributed by atoms with E-state index in [4.69, 9.17) is 0 Å². The molecule has 1 saturated heterocycles. The van der Waals surface area contributed by atoms with Gasteiger partial charge in [-0.1, -0.05) is 18.9 Å². The van der Waals surface area contributed by atoms with Crippen molar-refractivity contribution < 1.29 is 18.0 Å². The Labute approximate surface area is 132 Å². The van der Waals surface area contributed by atoms with Gasteiger partial charge in [0, 0.05) is 19.6 Å². The highest BCUT2D eigenvalue weighted by atomic mass is 19.4. The fourth-order valence-electron chi connectivity index (χ4n) is 4.28. The summed E-state index contributed by atoms with van der Waals surface area (Å²) in [4.78, 5) is 14.1. The van der Waals surface area contributed by atoms with Gasteiger partial charge in [-0.05, 0) is 36.0 Å². The quantitative estimate of drug-likeness (QED) is 0.858. The van der Waals surface area contributed by atoms with Crippen LogP contribution < -0.4 is 5.32 Å². The maximum atomic E-state index is 13.6. The van der Waals surface area contributed by atoms with E-state index in [-0.39, 0.29) is 17.5 Å². The lowest BCUT2D eigenvalue weighted by Gasteiger charge is -2.30. The van der Waals surface area contributed by atoms with Gasteiger partial charge in [-0.3, -0.25) is 4.79 Å². The molecule has 0 radical (unpaired) electrons. The molecular formula is C17H19F3N2O. The van der Waals surface area contributed by atoms with Crippen molar-refractivity contribution in [2.45, 2.75) is 43.8 Å². The van der Waals surface area contributed by atoms with E-state index in [0.29, 0.717) is 25.2 Å². The minimum absolute atomic E-state index is 0.118. The molecule has 0 bridgehead atoms. The lowest BCUT2D eigenvalue weighted by Crippen LogP contribution is -2.44. The van der Waals surface area contributed by atoms with Crippen LogP contribution in [0.15, 0.2) is 12.1 Å². The third-order valence-electron chi connectivity index (χ3n) is 5.40. The van der Waals surface area contributed by atoms with Crippen molar-refractivity contribution in [3.05, 3.63) is 34.4 Å². The molecule has 124 valence electrons. The Morgan fingerprint density at radius 1 is 1.17 bits per heavy atom. The molecular weight excluding hydrogens is 305 g/mol. The van der Waals surface area contributed by atoms with E-state index in [2.05, 4.69) is 5.32 Å². The number of fused-ring (bicyclic) bond motifs is 3. The van der Waals surface area contributed by atoms with Crippen molar-refractivity contribution in [3.8, 4) is 0 Å². The smallest absolute Gasteiger partial charge is 0.329 e. The molecule has 2 aliphatic heterocycles. The number of amides is 1. The summed E-state index contributed by atoms with van der Waals surface area (Å²) in [6.45, 7) is 1.63. The molecule has 1 atom stereocenters. The van der Waals surface area contributed by atoms with E-state index in [0.717, 1.165) is 31.2 Å². The SMILES string of the molecule is O=C1c2c(cc(C3CCCC3)cc2C(F)(F)F)[C@@H]2CNCCN12. The van der Waals surface area contributed by atoms with Gasteiger partial charge >= 0.3 is 6.18 Å². The lowest BCUT2D eigenvalue weighted by molar-refractivity contribution is -0.138. The van der Waals surface area contributed by atoms with Crippen molar-refractivity contribution in [3.63, 3.8) is 0 Å². The molecule has 2 heterocycles. The monoisotopic (exact) mass is 324 g/mol. The number of carbonyl (C=O) groups is 1. The highest BCUT2D eigenvalue weighted by molar-refractivity contribution is 6.01. The van der Waals surface area contributed by atoms with Gasteiger partial charge in [0.1, 0.15) is 0 Å². The molecule has 1 saturated carbocycles. The summed E-state index contributed by atoms with van der Waals surface area (Å²) < 4.78 is 40.7. The van der Waals surface area contributed by atoms with Crippen LogP contribution in [0.25, 0.3) is 0 Å². The van der Waals surface area contributed by atoms with Crippen LogP contribution in [0.3, 0.4) is 0 Å². The minimum Gasteiger partial charge on any atom is -0.329 e. The lowest BCUT2D eigenvalue weighted by atomic mass is 9.89. The fraction of sp³-hybridized carbons (Fsp3) is 0.588.